The average molecular weight is 299 g/mol. The second-order valence-corrected chi connectivity index (χ2v) is 4.60. The topological polar surface area (TPSA) is 112 Å². The van der Waals surface area contributed by atoms with Crippen LogP contribution in [0.25, 0.3) is 0 Å². The molecule has 0 aliphatic heterocycles. The monoisotopic (exact) mass is 298 g/mol. The maximum Gasteiger partial charge on any atom is 0.325 e. The summed E-state index contributed by atoms with van der Waals surface area (Å²) >= 11 is 3.22. The van der Waals surface area contributed by atoms with Crippen LogP contribution in [0.4, 0.5) is 11.5 Å². The Labute approximate surface area is 107 Å². The van der Waals surface area contributed by atoms with Gasteiger partial charge >= 0.3 is 5.97 Å². The van der Waals surface area contributed by atoms with Crippen molar-refractivity contribution >= 4 is 33.4 Å². The van der Waals surface area contributed by atoms with Crippen LogP contribution in [0.1, 0.15) is 6.92 Å². The van der Waals surface area contributed by atoms with Gasteiger partial charge in [-0.15, -0.1) is 0 Å². The first-order valence-electron chi connectivity index (χ1n) is 4.68. The molecule has 1 heterocycles. The Morgan fingerprint density at radius 2 is 2.47 bits per heavy atom. The minimum atomic E-state index is -1.51. The number of hydrogen-bond acceptors (Lipinski definition) is 5. The quantitative estimate of drug-likeness (QED) is 0.775. The van der Waals surface area contributed by atoms with Gasteiger partial charge in [-0.25, -0.2) is 4.98 Å². The van der Waals surface area contributed by atoms with Gasteiger partial charge in [0.1, 0.15) is 5.82 Å². The van der Waals surface area contributed by atoms with Gasteiger partial charge in [0.15, 0.2) is 5.41 Å². The lowest BCUT2D eigenvalue weighted by molar-refractivity contribution is -0.144. The lowest BCUT2D eigenvalue weighted by Crippen LogP contribution is -2.33. The molecule has 0 radical (unpaired) electrons. The molecule has 17 heavy (non-hydrogen) atoms. The normalized spacial score (nSPS) is 13.5. The fourth-order valence-electron chi connectivity index (χ4n) is 1.03. The Morgan fingerprint density at radius 1 is 1.82 bits per heavy atom. The van der Waals surface area contributed by atoms with Gasteiger partial charge in [-0.05, 0) is 28.9 Å². The number of pyridine rings is 1. The lowest BCUT2D eigenvalue weighted by atomic mass is 9.93. The first-order valence-corrected chi connectivity index (χ1v) is 5.48. The number of aliphatic carboxylic acids is 1. The molecule has 1 aromatic heterocycles. The van der Waals surface area contributed by atoms with E-state index in [1.165, 1.54) is 13.1 Å². The molecule has 0 saturated heterocycles. The van der Waals surface area contributed by atoms with E-state index in [0.29, 0.717) is 10.2 Å². The van der Waals surface area contributed by atoms with Crippen LogP contribution in [0.2, 0.25) is 0 Å². The molecule has 0 aliphatic rings. The molecule has 4 N–H and O–H groups in total. The van der Waals surface area contributed by atoms with E-state index in [9.17, 15) is 4.79 Å². The number of nitrogens with two attached hydrogens (primary N) is 1. The van der Waals surface area contributed by atoms with Gasteiger partial charge in [0.05, 0.1) is 11.8 Å². The SMILES string of the molecule is C[C@](C#N)(CNc1cc(Br)cnc1N)C(=O)O. The summed E-state index contributed by atoms with van der Waals surface area (Å²) in [7, 11) is 0. The number of carboxylic acids is 1. The minimum Gasteiger partial charge on any atom is -0.480 e. The molecule has 0 amide bonds. The maximum absolute atomic E-state index is 10.9. The van der Waals surface area contributed by atoms with Gasteiger partial charge in [0, 0.05) is 17.2 Å². The molecule has 0 fully saturated rings. The zero-order valence-corrected chi connectivity index (χ0v) is 10.7. The lowest BCUT2D eigenvalue weighted by Gasteiger charge is -2.18. The van der Waals surface area contributed by atoms with Crippen LogP contribution in [-0.2, 0) is 4.79 Å². The fraction of sp³-hybridized carbons (Fsp3) is 0.300. The zero-order chi connectivity index (χ0) is 13.1. The highest BCUT2D eigenvalue weighted by Crippen LogP contribution is 2.23. The summed E-state index contributed by atoms with van der Waals surface area (Å²) in [5.41, 5.74) is 4.59. The molecule has 0 saturated carbocycles. The third-order valence-electron chi connectivity index (χ3n) is 2.24. The molecule has 1 rings (SSSR count). The van der Waals surface area contributed by atoms with Gasteiger partial charge in [0.25, 0.3) is 0 Å². The van der Waals surface area contributed by atoms with Crippen LogP contribution < -0.4 is 11.1 Å². The van der Waals surface area contributed by atoms with Crippen molar-refractivity contribution in [2.75, 3.05) is 17.6 Å². The van der Waals surface area contributed by atoms with Crippen molar-refractivity contribution in [2.45, 2.75) is 6.92 Å². The molecule has 7 heteroatoms. The van der Waals surface area contributed by atoms with Gasteiger partial charge in [0.2, 0.25) is 0 Å². The number of hydrogen-bond donors (Lipinski definition) is 3. The third-order valence-corrected chi connectivity index (χ3v) is 2.67. The van der Waals surface area contributed by atoms with E-state index < -0.39 is 11.4 Å². The van der Waals surface area contributed by atoms with Crippen molar-refractivity contribution in [3.63, 3.8) is 0 Å². The predicted octanol–water partition coefficient (Wildman–Crippen LogP) is 1.45. The van der Waals surface area contributed by atoms with Crippen molar-refractivity contribution < 1.29 is 9.90 Å². The third kappa shape index (κ3) is 3.07. The summed E-state index contributed by atoms with van der Waals surface area (Å²) < 4.78 is 0.711. The largest absolute Gasteiger partial charge is 0.480 e. The predicted molar refractivity (Wildman–Crippen MR) is 66.2 cm³/mol. The van der Waals surface area contributed by atoms with Gasteiger partial charge < -0.3 is 16.2 Å². The number of nitrogen functional groups attached to an aromatic ring is 1. The van der Waals surface area contributed by atoms with Crippen molar-refractivity contribution in [2.24, 2.45) is 5.41 Å². The van der Waals surface area contributed by atoms with E-state index in [1.807, 2.05) is 0 Å². The fourth-order valence-corrected chi connectivity index (χ4v) is 1.36. The van der Waals surface area contributed by atoms with Gasteiger partial charge in [-0.1, -0.05) is 0 Å². The Bertz CT molecular complexity index is 486. The van der Waals surface area contributed by atoms with E-state index in [-0.39, 0.29) is 12.4 Å². The van der Waals surface area contributed by atoms with E-state index in [2.05, 4.69) is 26.2 Å². The number of halogens is 1. The van der Waals surface area contributed by atoms with Crippen LogP contribution in [0.15, 0.2) is 16.7 Å². The average Bonchev–Trinajstić information content (AvgIpc) is 2.29. The number of nitrogens with zero attached hydrogens (tertiary/aromatic N) is 2. The minimum absolute atomic E-state index is 0.0544. The number of carboxylic acid groups (broad SMARTS) is 1. The highest BCUT2D eigenvalue weighted by Gasteiger charge is 2.33. The van der Waals surface area contributed by atoms with Crippen LogP contribution in [0, 0.1) is 16.7 Å². The zero-order valence-electron chi connectivity index (χ0n) is 9.07. The van der Waals surface area contributed by atoms with Gasteiger partial charge in [-0.3, -0.25) is 4.79 Å². The molecular formula is C10H11BrN4O2. The number of nitrogens with one attached hydrogen (secondary N) is 1. The summed E-state index contributed by atoms with van der Waals surface area (Å²) in [4.78, 5) is 14.8. The van der Waals surface area contributed by atoms with Crippen LogP contribution >= 0.6 is 15.9 Å². The Kier molecular flexibility index (Phi) is 3.91. The highest BCUT2D eigenvalue weighted by molar-refractivity contribution is 9.10. The molecule has 1 atom stereocenters. The standard InChI is InChI=1S/C10H11BrN4O2/c1-10(4-12,9(16)17)5-15-7-2-6(11)3-14-8(7)13/h2-3,15H,5H2,1H3,(H2,13,14)(H,16,17)/t10-/m0/s1. The van der Waals surface area contributed by atoms with Gasteiger partial charge in [-0.2, -0.15) is 5.26 Å². The van der Waals surface area contributed by atoms with Crippen molar-refractivity contribution in [1.29, 1.82) is 5.26 Å². The molecule has 0 bridgehead atoms. The molecule has 6 nitrogen and oxygen atoms in total. The number of carbonyl (C=O) groups is 1. The van der Waals surface area contributed by atoms with Crippen LogP contribution in [0.3, 0.4) is 0 Å². The number of aromatic nitrogens is 1. The smallest absolute Gasteiger partial charge is 0.325 e. The molecular weight excluding hydrogens is 288 g/mol. The second kappa shape index (κ2) is 5.01. The van der Waals surface area contributed by atoms with Crippen molar-refractivity contribution in [3.05, 3.63) is 16.7 Å². The summed E-state index contributed by atoms with van der Waals surface area (Å²) in [6.07, 6.45) is 1.53. The van der Waals surface area contributed by atoms with Crippen LogP contribution in [0.5, 0.6) is 0 Å². The number of rotatable bonds is 4. The Balaban J connectivity index is 2.84. The summed E-state index contributed by atoms with van der Waals surface area (Å²) in [5.74, 6) is -0.937. The summed E-state index contributed by atoms with van der Waals surface area (Å²) in [5, 5.41) is 20.6. The molecule has 1 aromatic rings. The van der Waals surface area contributed by atoms with Crippen molar-refractivity contribution in [1.82, 2.24) is 4.98 Å². The van der Waals surface area contributed by atoms with E-state index in [1.54, 1.807) is 12.1 Å². The first-order chi connectivity index (χ1) is 7.89. The maximum atomic E-state index is 10.9. The Morgan fingerprint density at radius 3 is 3.00 bits per heavy atom. The molecule has 90 valence electrons. The summed E-state index contributed by atoms with van der Waals surface area (Å²) in [6.45, 7) is 1.28. The molecule has 0 unspecified atom stereocenters. The number of anilines is 2. The molecule has 0 spiro atoms. The molecule has 0 aromatic carbocycles. The van der Waals surface area contributed by atoms with E-state index >= 15 is 0 Å². The van der Waals surface area contributed by atoms with E-state index in [0.717, 1.165) is 0 Å². The highest BCUT2D eigenvalue weighted by atomic mass is 79.9. The number of nitriles is 1. The summed E-state index contributed by atoms with van der Waals surface area (Å²) in [6, 6.07) is 3.42. The second-order valence-electron chi connectivity index (χ2n) is 3.69. The molecule has 0 aliphatic carbocycles. The van der Waals surface area contributed by atoms with E-state index in [4.69, 9.17) is 16.1 Å². The first kappa shape index (κ1) is 13.3. The van der Waals surface area contributed by atoms with Crippen molar-refractivity contribution in [3.8, 4) is 6.07 Å². The van der Waals surface area contributed by atoms with Crippen LogP contribution in [-0.4, -0.2) is 22.6 Å². The Hall–Kier alpha value is -1.81.